The molecule has 3 N–H and O–H groups in total. The first-order chi connectivity index (χ1) is 8.10. The molecule has 0 fully saturated rings. The van der Waals surface area contributed by atoms with E-state index in [1.165, 1.54) is 12.8 Å². The molecular formula is C12H24N2O3. The number of hydrogen-bond donors (Lipinski definition) is 3. The minimum absolute atomic E-state index is 0.0280. The first-order valence-corrected chi connectivity index (χ1v) is 6.36. The van der Waals surface area contributed by atoms with Crippen LogP contribution in [0.5, 0.6) is 0 Å². The molecule has 0 saturated carbocycles. The van der Waals surface area contributed by atoms with Crippen molar-refractivity contribution >= 4 is 12.0 Å². The van der Waals surface area contributed by atoms with E-state index in [9.17, 15) is 9.59 Å². The number of unbranched alkanes of at least 4 members (excludes halogenated alkanes) is 3. The lowest BCUT2D eigenvalue weighted by Gasteiger charge is -2.15. The zero-order valence-corrected chi connectivity index (χ0v) is 10.8. The summed E-state index contributed by atoms with van der Waals surface area (Å²) in [5.41, 5.74) is 0. The van der Waals surface area contributed by atoms with Gasteiger partial charge in [-0.25, -0.2) is 4.79 Å². The number of carbonyl (C=O) groups excluding carboxylic acids is 1. The summed E-state index contributed by atoms with van der Waals surface area (Å²) in [7, 11) is 0. The molecule has 0 aliphatic rings. The third kappa shape index (κ3) is 9.66. The number of urea groups is 1. The second kappa shape index (κ2) is 9.93. The van der Waals surface area contributed by atoms with Crippen molar-refractivity contribution in [3.05, 3.63) is 0 Å². The zero-order valence-electron chi connectivity index (χ0n) is 10.8. The SMILES string of the molecule is CCCCCCNC(=O)NC(CC)CC(=O)O. The van der Waals surface area contributed by atoms with Crippen LogP contribution in [0.1, 0.15) is 52.4 Å². The average Bonchev–Trinajstić information content (AvgIpc) is 2.27. The van der Waals surface area contributed by atoms with Crippen molar-refractivity contribution in [2.24, 2.45) is 0 Å². The number of rotatable bonds is 9. The second-order valence-corrected chi connectivity index (χ2v) is 4.16. The maximum absolute atomic E-state index is 11.4. The molecular weight excluding hydrogens is 220 g/mol. The van der Waals surface area contributed by atoms with Crippen molar-refractivity contribution in [3.63, 3.8) is 0 Å². The highest BCUT2D eigenvalue weighted by atomic mass is 16.4. The van der Waals surface area contributed by atoms with E-state index in [1.54, 1.807) is 0 Å². The minimum atomic E-state index is -0.889. The number of carboxylic acid groups (broad SMARTS) is 1. The van der Waals surface area contributed by atoms with Gasteiger partial charge in [0.15, 0.2) is 0 Å². The van der Waals surface area contributed by atoms with Crippen LogP contribution in [0, 0.1) is 0 Å². The summed E-state index contributed by atoms with van der Waals surface area (Å²) in [5, 5.41) is 14.0. The van der Waals surface area contributed by atoms with Crippen molar-refractivity contribution in [3.8, 4) is 0 Å². The molecule has 1 atom stereocenters. The Bertz CT molecular complexity index is 232. The van der Waals surface area contributed by atoms with Gasteiger partial charge in [-0.15, -0.1) is 0 Å². The van der Waals surface area contributed by atoms with Crippen LogP contribution < -0.4 is 10.6 Å². The van der Waals surface area contributed by atoms with Gasteiger partial charge in [-0.05, 0) is 12.8 Å². The molecule has 17 heavy (non-hydrogen) atoms. The topological polar surface area (TPSA) is 78.4 Å². The summed E-state index contributed by atoms with van der Waals surface area (Å²) in [5.74, 6) is -0.889. The van der Waals surface area contributed by atoms with Gasteiger partial charge >= 0.3 is 12.0 Å². The highest BCUT2D eigenvalue weighted by molar-refractivity contribution is 5.75. The monoisotopic (exact) mass is 244 g/mol. The van der Waals surface area contributed by atoms with E-state index in [1.807, 2.05) is 6.92 Å². The molecule has 5 nitrogen and oxygen atoms in total. The molecule has 0 spiro atoms. The summed E-state index contributed by atoms with van der Waals surface area (Å²) >= 11 is 0. The van der Waals surface area contributed by atoms with E-state index in [0.717, 1.165) is 12.8 Å². The number of hydrogen-bond acceptors (Lipinski definition) is 2. The number of carboxylic acids is 1. The normalized spacial score (nSPS) is 11.9. The highest BCUT2D eigenvalue weighted by Gasteiger charge is 2.13. The van der Waals surface area contributed by atoms with Gasteiger partial charge in [-0.2, -0.15) is 0 Å². The lowest BCUT2D eigenvalue weighted by atomic mass is 10.1. The van der Waals surface area contributed by atoms with E-state index in [0.29, 0.717) is 13.0 Å². The van der Waals surface area contributed by atoms with Gasteiger partial charge in [0.2, 0.25) is 0 Å². The number of amides is 2. The largest absolute Gasteiger partial charge is 0.481 e. The molecule has 0 bridgehead atoms. The van der Waals surface area contributed by atoms with E-state index in [4.69, 9.17) is 5.11 Å². The van der Waals surface area contributed by atoms with Gasteiger partial charge in [0.1, 0.15) is 0 Å². The van der Waals surface area contributed by atoms with Crippen molar-refractivity contribution in [2.75, 3.05) is 6.54 Å². The number of carbonyl (C=O) groups is 2. The summed E-state index contributed by atoms with van der Waals surface area (Å²) in [6.07, 6.45) is 5.03. The summed E-state index contributed by atoms with van der Waals surface area (Å²) < 4.78 is 0. The van der Waals surface area contributed by atoms with E-state index >= 15 is 0 Å². The Morgan fingerprint density at radius 3 is 2.41 bits per heavy atom. The first-order valence-electron chi connectivity index (χ1n) is 6.36. The lowest BCUT2D eigenvalue weighted by molar-refractivity contribution is -0.137. The molecule has 0 aromatic carbocycles. The van der Waals surface area contributed by atoms with Gasteiger partial charge in [0.05, 0.1) is 6.42 Å². The second-order valence-electron chi connectivity index (χ2n) is 4.16. The van der Waals surface area contributed by atoms with Crippen LogP contribution in [-0.2, 0) is 4.79 Å². The van der Waals surface area contributed by atoms with Crippen molar-refractivity contribution in [1.82, 2.24) is 10.6 Å². The third-order valence-corrected chi connectivity index (χ3v) is 2.56. The van der Waals surface area contributed by atoms with Gasteiger partial charge in [-0.3, -0.25) is 4.79 Å². The number of nitrogens with one attached hydrogen (secondary N) is 2. The molecule has 0 rings (SSSR count). The molecule has 100 valence electrons. The molecule has 0 aromatic heterocycles. The fourth-order valence-corrected chi connectivity index (χ4v) is 1.50. The van der Waals surface area contributed by atoms with E-state index in [-0.39, 0.29) is 18.5 Å². The smallest absolute Gasteiger partial charge is 0.315 e. The molecule has 0 heterocycles. The Kier molecular flexibility index (Phi) is 9.19. The Labute approximate surface area is 103 Å². The maximum Gasteiger partial charge on any atom is 0.315 e. The summed E-state index contributed by atoms with van der Waals surface area (Å²) in [6.45, 7) is 4.64. The Balaban J connectivity index is 3.64. The Morgan fingerprint density at radius 1 is 1.18 bits per heavy atom. The van der Waals surface area contributed by atoms with Crippen LogP contribution in [0.25, 0.3) is 0 Å². The average molecular weight is 244 g/mol. The van der Waals surface area contributed by atoms with Crippen LogP contribution >= 0.6 is 0 Å². The molecule has 0 aliphatic carbocycles. The van der Waals surface area contributed by atoms with Crippen LogP contribution in [0.3, 0.4) is 0 Å². The fourth-order valence-electron chi connectivity index (χ4n) is 1.50. The molecule has 0 radical (unpaired) electrons. The highest BCUT2D eigenvalue weighted by Crippen LogP contribution is 1.98. The van der Waals surface area contributed by atoms with Crippen molar-refractivity contribution in [1.29, 1.82) is 0 Å². The van der Waals surface area contributed by atoms with Crippen molar-refractivity contribution in [2.45, 2.75) is 58.4 Å². The molecule has 0 saturated heterocycles. The molecule has 1 unspecified atom stereocenters. The molecule has 5 heteroatoms. The summed E-state index contributed by atoms with van der Waals surface area (Å²) in [4.78, 5) is 21.9. The maximum atomic E-state index is 11.4. The Morgan fingerprint density at radius 2 is 1.88 bits per heavy atom. The third-order valence-electron chi connectivity index (χ3n) is 2.56. The lowest BCUT2D eigenvalue weighted by Crippen LogP contribution is -2.43. The van der Waals surface area contributed by atoms with E-state index < -0.39 is 5.97 Å². The minimum Gasteiger partial charge on any atom is -0.481 e. The van der Waals surface area contributed by atoms with Gasteiger partial charge in [0, 0.05) is 12.6 Å². The first kappa shape index (κ1) is 15.7. The summed E-state index contributed by atoms with van der Waals surface area (Å²) in [6, 6.07) is -0.558. The van der Waals surface area contributed by atoms with Gasteiger partial charge < -0.3 is 15.7 Å². The van der Waals surface area contributed by atoms with Crippen LogP contribution in [0.2, 0.25) is 0 Å². The predicted octanol–water partition coefficient (Wildman–Crippen LogP) is 2.12. The fraction of sp³-hybridized carbons (Fsp3) is 0.833. The quantitative estimate of drug-likeness (QED) is 0.544. The van der Waals surface area contributed by atoms with E-state index in [2.05, 4.69) is 17.6 Å². The van der Waals surface area contributed by atoms with Crippen molar-refractivity contribution < 1.29 is 14.7 Å². The standard InChI is InChI=1S/C12H24N2O3/c1-3-5-6-7-8-13-12(17)14-10(4-2)9-11(15)16/h10H,3-9H2,1-2H3,(H,15,16)(H2,13,14,17). The van der Waals surface area contributed by atoms with Gasteiger partial charge in [-0.1, -0.05) is 33.1 Å². The zero-order chi connectivity index (χ0) is 13.1. The van der Waals surface area contributed by atoms with Crippen LogP contribution in [-0.4, -0.2) is 29.7 Å². The Hall–Kier alpha value is -1.26. The number of aliphatic carboxylic acids is 1. The molecule has 2 amide bonds. The predicted molar refractivity (Wildman–Crippen MR) is 67.0 cm³/mol. The van der Waals surface area contributed by atoms with Crippen LogP contribution in [0.4, 0.5) is 4.79 Å². The molecule has 0 aliphatic heterocycles. The van der Waals surface area contributed by atoms with Crippen LogP contribution in [0.15, 0.2) is 0 Å². The molecule has 0 aromatic rings. The van der Waals surface area contributed by atoms with Gasteiger partial charge in [0.25, 0.3) is 0 Å².